The van der Waals surface area contributed by atoms with Gasteiger partial charge in [-0.15, -0.1) is 11.3 Å². The summed E-state index contributed by atoms with van der Waals surface area (Å²) in [5, 5.41) is 1.06. The number of halogens is 1. The highest BCUT2D eigenvalue weighted by molar-refractivity contribution is 7.17. The van der Waals surface area contributed by atoms with Crippen LogP contribution in [-0.2, 0) is 11.3 Å². The number of nitrogens with zero attached hydrogens (tertiary/aromatic N) is 2. The van der Waals surface area contributed by atoms with Crippen LogP contribution in [0.5, 0.6) is 11.5 Å². The molecule has 0 spiro atoms. The van der Waals surface area contributed by atoms with Crippen LogP contribution in [0.1, 0.15) is 20.9 Å². The minimum Gasteiger partial charge on any atom is -0.493 e. The minimum absolute atomic E-state index is 0.0182. The van der Waals surface area contributed by atoms with Crippen molar-refractivity contribution in [2.75, 3.05) is 14.2 Å². The van der Waals surface area contributed by atoms with E-state index in [1.54, 1.807) is 51.6 Å². The first-order valence-corrected chi connectivity index (χ1v) is 10.2. The molecule has 0 N–H and O–H groups in total. The number of fused-ring (bicyclic) bond motifs is 1. The van der Waals surface area contributed by atoms with E-state index in [-0.39, 0.29) is 12.4 Å². The van der Waals surface area contributed by atoms with Gasteiger partial charge in [0.05, 0.1) is 25.4 Å². The second kappa shape index (κ2) is 8.69. The van der Waals surface area contributed by atoms with E-state index in [0.717, 1.165) is 5.56 Å². The average molecular weight is 438 g/mol. The van der Waals surface area contributed by atoms with E-state index >= 15 is 0 Å². The van der Waals surface area contributed by atoms with Gasteiger partial charge >= 0.3 is 5.97 Å². The summed E-state index contributed by atoms with van der Waals surface area (Å²) in [4.78, 5) is 21.9. The fourth-order valence-corrected chi connectivity index (χ4v) is 4.16. The third-order valence-electron chi connectivity index (χ3n) is 4.77. The van der Waals surface area contributed by atoms with Crippen LogP contribution in [0.4, 0.5) is 4.39 Å². The van der Waals surface area contributed by atoms with Crippen LogP contribution in [0.2, 0.25) is 0 Å². The van der Waals surface area contributed by atoms with Crippen molar-refractivity contribution < 1.29 is 23.4 Å². The number of ether oxygens (including phenoxy) is 3. The minimum atomic E-state index is -0.491. The SMILES string of the molecule is COc1ccc(-c2nc(C)c(C(=O)OCc3ccc(F)c4cccnc34)s2)cc1OC. The Labute approximate surface area is 182 Å². The van der Waals surface area contributed by atoms with E-state index < -0.39 is 5.97 Å². The summed E-state index contributed by atoms with van der Waals surface area (Å²) in [6, 6.07) is 11.7. The van der Waals surface area contributed by atoms with Crippen molar-refractivity contribution in [2.45, 2.75) is 13.5 Å². The van der Waals surface area contributed by atoms with Crippen molar-refractivity contribution in [1.29, 1.82) is 0 Å². The van der Waals surface area contributed by atoms with E-state index in [1.807, 2.05) is 12.1 Å². The monoisotopic (exact) mass is 438 g/mol. The maximum absolute atomic E-state index is 14.0. The molecule has 8 heteroatoms. The Balaban J connectivity index is 1.56. The van der Waals surface area contributed by atoms with E-state index in [2.05, 4.69) is 9.97 Å². The van der Waals surface area contributed by atoms with Crippen LogP contribution in [-0.4, -0.2) is 30.2 Å². The van der Waals surface area contributed by atoms with Crippen LogP contribution >= 0.6 is 11.3 Å². The van der Waals surface area contributed by atoms with Crippen molar-refractivity contribution >= 4 is 28.2 Å². The van der Waals surface area contributed by atoms with Crippen LogP contribution < -0.4 is 9.47 Å². The highest BCUT2D eigenvalue weighted by atomic mass is 32.1. The zero-order valence-electron chi connectivity index (χ0n) is 17.1. The maximum atomic E-state index is 14.0. The largest absolute Gasteiger partial charge is 0.493 e. The van der Waals surface area contributed by atoms with Gasteiger partial charge in [0.1, 0.15) is 22.3 Å². The van der Waals surface area contributed by atoms with Gasteiger partial charge in [-0.3, -0.25) is 4.98 Å². The lowest BCUT2D eigenvalue weighted by Gasteiger charge is -2.08. The normalized spacial score (nSPS) is 10.8. The van der Waals surface area contributed by atoms with Crippen LogP contribution in [0.25, 0.3) is 21.5 Å². The zero-order valence-corrected chi connectivity index (χ0v) is 18.0. The lowest BCUT2D eigenvalue weighted by molar-refractivity contribution is 0.0479. The molecule has 2 aromatic carbocycles. The number of carbonyl (C=O) groups excluding carboxylic acids is 1. The van der Waals surface area contributed by atoms with Crippen molar-refractivity contribution in [3.8, 4) is 22.1 Å². The lowest BCUT2D eigenvalue weighted by Crippen LogP contribution is -2.05. The molecule has 4 aromatic rings. The number of aryl methyl sites for hydroxylation is 1. The van der Waals surface area contributed by atoms with Gasteiger partial charge in [0.25, 0.3) is 0 Å². The standard InChI is InChI=1S/C23H19FN2O4S/c1-13-21(31-22(26-13)14-7-9-18(28-2)19(11-14)29-3)23(27)30-12-15-6-8-17(24)16-5-4-10-25-20(15)16/h4-11H,12H2,1-3H3. The highest BCUT2D eigenvalue weighted by Gasteiger charge is 2.19. The Hall–Kier alpha value is -3.52. The summed E-state index contributed by atoms with van der Waals surface area (Å²) >= 11 is 1.24. The lowest BCUT2D eigenvalue weighted by atomic mass is 10.1. The summed E-state index contributed by atoms with van der Waals surface area (Å²) in [5.41, 5.74) is 2.48. The number of esters is 1. The molecule has 31 heavy (non-hydrogen) atoms. The number of rotatable bonds is 6. The first kappa shape index (κ1) is 20.7. The number of benzene rings is 2. The number of pyridine rings is 1. The molecule has 0 saturated carbocycles. The first-order chi connectivity index (χ1) is 15.0. The van der Waals surface area contributed by atoms with Crippen LogP contribution in [0, 0.1) is 12.7 Å². The third-order valence-corrected chi connectivity index (χ3v) is 5.96. The molecule has 0 saturated heterocycles. The molecule has 0 bridgehead atoms. The molecule has 0 radical (unpaired) electrons. The fourth-order valence-electron chi connectivity index (χ4n) is 3.20. The molecule has 2 aromatic heterocycles. The molecule has 0 fully saturated rings. The highest BCUT2D eigenvalue weighted by Crippen LogP contribution is 2.35. The van der Waals surface area contributed by atoms with Gasteiger partial charge < -0.3 is 14.2 Å². The summed E-state index contributed by atoms with van der Waals surface area (Å²) < 4.78 is 30.1. The topological polar surface area (TPSA) is 70.5 Å². The van der Waals surface area contributed by atoms with Gasteiger partial charge in [-0.1, -0.05) is 6.07 Å². The molecule has 0 unspecified atom stereocenters. The quantitative estimate of drug-likeness (QED) is 0.386. The molecule has 2 heterocycles. The Kier molecular flexibility index (Phi) is 5.81. The molecule has 0 aliphatic carbocycles. The molecule has 0 aliphatic heterocycles. The second-order valence-corrected chi connectivity index (χ2v) is 7.68. The van der Waals surface area contributed by atoms with E-state index in [4.69, 9.17) is 14.2 Å². The number of carbonyl (C=O) groups is 1. The average Bonchev–Trinajstić information content (AvgIpc) is 3.19. The Morgan fingerprint density at radius 2 is 1.90 bits per heavy atom. The van der Waals surface area contributed by atoms with E-state index in [1.165, 1.54) is 17.4 Å². The third kappa shape index (κ3) is 4.06. The van der Waals surface area contributed by atoms with E-state index in [0.29, 0.717) is 43.5 Å². The summed E-state index contributed by atoms with van der Waals surface area (Å²) in [6.07, 6.45) is 1.58. The van der Waals surface area contributed by atoms with Crippen LogP contribution in [0.3, 0.4) is 0 Å². The number of aromatic nitrogens is 2. The molecule has 6 nitrogen and oxygen atoms in total. The molecule has 0 amide bonds. The fraction of sp³-hybridized carbons (Fsp3) is 0.174. The first-order valence-electron chi connectivity index (χ1n) is 9.41. The smallest absolute Gasteiger partial charge is 0.350 e. The van der Waals surface area contributed by atoms with Gasteiger partial charge in [0, 0.05) is 22.7 Å². The van der Waals surface area contributed by atoms with Gasteiger partial charge in [0.15, 0.2) is 11.5 Å². The van der Waals surface area contributed by atoms with Gasteiger partial charge in [-0.05, 0) is 43.3 Å². The zero-order chi connectivity index (χ0) is 22.0. The number of hydrogen-bond donors (Lipinski definition) is 0. The Bertz CT molecular complexity index is 1270. The predicted molar refractivity (Wildman–Crippen MR) is 116 cm³/mol. The molecule has 4 rings (SSSR count). The molecule has 0 aliphatic rings. The van der Waals surface area contributed by atoms with Gasteiger partial charge in [-0.2, -0.15) is 0 Å². The summed E-state index contributed by atoms with van der Waals surface area (Å²) in [5.74, 6) is 0.332. The number of hydrogen-bond acceptors (Lipinski definition) is 7. The van der Waals surface area contributed by atoms with Crippen molar-refractivity contribution in [2.24, 2.45) is 0 Å². The summed E-state index contributed by atoms with van der Waals surface area (Å²) in [6.45, 7) is 1.74. The van der Waals surface area contributed by atoms with Crippen molar-refractivity contribution in [1.82, 2.24) is 9.97 Å². The van der Waals surface area contributed by atoms with Crippen molar-refractivity contribution in [3.63, 3.8) is 0 Å². The predicted octanol–water partition coefficient (Wildman–Crippen LogP) is 5.18. The number of thiazole rings is 1. The van der Waals surface area contributed by atoms with Gasteiger partial charge in [-0.25, -0.2) is 14.2 Å². The second-order valence-electron chi connectivity index (χ2n) is 6.69. The molecular weight excluding hydrogens is 419 g/mol. The molecule has 0 atom stereocenters. The van der Waals surface area contributed by atoms with E-state index in [9.17, 15) is 9.18 Å². The van der Waals surface area contributed by atoms with Crippen LogP contribution in [0.15, 0.2) is 48.7 Å². The number of methoxy groups -OCH3 is 2. The Morgan fingerprint density at radius 3 is 2.68 bits per heavy atom. The maximum Gasteiger partial charge on any atom is 0.350 e. The van der Waals surface area contributed by atoms with Crippen molar-refractivity contribution in [3.05, 3.63) is 70.6 Å². The Morgan fingerprint density at radius 1 is 1.10 bits per heavy atom. The molecule has 158 valence electrons. The van der Waals surface area contributed by atoms with Gasteiger partial charge in [0.2, 0.25) is 0 Å². The molecular formula is C23H19FN2O4S. The summed E-state index contributed by atoms with van der Waals surface area (Å²) in [7, 11) is 3.13.